The molecule has 0 fully saturated rings. The second-order valence-electron chi connectivity index (χ2n) is 17.9. The summed E-state index contributed by atoms with van der Waals surface area (Å²) in [7, 11) is 1.64. The number of methoxy groups -OCH3 is 1. The number of aliphatic hydroxyl groups excluding tert-OH is 1. The van der Waals surface area contributed by atoms with Crippen LogP contribution in [0.2, 0.25) is 0 Å². The maximum atomic E-state index is 13.7. The van der Waals surface area contributed by atoms with Crippen molar-refractivity contribution in [3.63, 3.8) is 0 Å². The Balaban J connectivity index is 1.03. The lowest BCUT2D eigenvalue weighted by atomic mass is 9.77. The van der Waals surface area contributed by atoms with Gasteiger partial charge in [0.15, 0.2) is 0 Å². The summed E-state index contributed by atoms with van der Waals surface area (Å²) >= 11 is 0. The second-order valence-corrected chi connectivity index (χ2v) is 17.9. The highest BCUT2D eigenvalue weighted by Gasteiger charge is 2.36. The number of ether oxygens (including phenoxy) is 10. The Bertz CT molecular complexity index is 2220. The normalized spacial score (nSPS) is 12.1. The summed E-state index contributed by atoms with van der Waals surface area (Å²) in [5.41, 5.74) is 12.2. The van der Waals surface area contributed by atoms with Gasteiger partial charge in [-0.25, -0.2) is 0 Å². The molecule has 0 radical (unpaired) electrons. The van der Waals surface area contributed by atoms with E-state index < -0.39 is 35.9 Å². The molecule has 0 saturated heterocycles. The Labute approximate surface area is 465 Å². The first-order chi connectivity index (χ1) is 38.8. The van der Waals surface area contributed by atoms with Crippen LogP contribution in [0.4, 0.5) is 5.69 Å². The van der Waals surface area contributed by atoms with Gasteiger partial charge >= 0.3 is 0 Å². The molecule has 0 aliphatic heterocycles. The van der Waals surface area contributed by atoms with Crippen LogP contribution >= 0.6 is 0 Å². The topological polar surface area (TPSA) is 261 Å². The van der Waals surface area contributed by atoms with Gasteiger partial charge in [0.25, 0.3) is 0 Å². The highest BCUT2D eigenvalue weighted by atomic mass is 16.6. The van der Waals surface area contributed by atoms with Gasteiger partial charge in [0.05, 0.1) is 131 Å². The number of rotatable bonds is 47. The van der Waals surface area contributed by atoms with Crippen LogP contribution in [0.25, 0.3) is 10.4 Å². The van der Waals surface area contributed by atoms with E-state index >= 15 is 0 Å². The average molecular weight is 1100 g/mol. The van der Waals surface area contributed by atoms with Crippen molar-refractivity contribution < 1.29 is 66.9 Å². The first-order valence-electron chi connectivity index (χ1n) is 27.1. The number of carbonyl (C=O) groups excluding carboxylic acids is 3. The van der Waals surface area contributed by atoms with Crippen molar-refractivity contribution >= 4 is 23.4 Å². The summed E-state index contributed by atoms with van der Waals surface area (Å²) in [4.78, 5) is 42.1. The van der Waals surface area contributed by atoms with E-state index in [1.165, 1.54) is 0 Å². The Morgan fingerprint density at radius 1 is 0.582 bits per heavy atom. The van der Waals surface area contributed by atoms with E-state index in [1.807, 2.05) is 55.5 Å². The third kappa shape index (κ3) is 27.1. The van der Waals surface area contributed by atoms with E-state index in [0.29, 0.717) is 136 Å². The van der Waals surface area contributed by atoms with E-state index in [-0.39, 0.29) is 32.4 Å². The van der Waals surface area contributed by atoms with Gasteiger partial charge in [-0.05, 0) is 84.3 Å². The minimum Gasteiger partial charge on any atom is -0.497 e. The Kier molecular flexibility index (Phi) is 34.8. The molecule has 21 nitrogen and oxygen atoms in total. The number of anilines is 1. The molecular weight excluding hydrogens is 1020 g/mol. The van der Waals surface area contributed by atoms with Crippen LogP contribution in [0.15, 0.2) is 114 Å². The number of nitrogens with one attached hydrogen (secondary N) is 4. The van der Waals surface area contributed by atoms with Crippen molar-refractivity contribution in [1.29, 1.82) is 0 Å². The smallest absolute Gasteiger partial charge is 0.246 e. The van der Waals surface area contributed by atoms with Crippen molar-refractivity contribution in [2.45, 2.75) is 63.3 Å². The quantitative estimate of drug-likeness (QED) is 0.0110. The molecule has 21 heteroatoms. The van der Waals surface area contributed by atoms with Crippen LogP contribution < -0.4 is 26.0 Å². The molecule has 4 rings (SSSR count). The zero-order valence-electron chi connectivity index (χ0n) is 46.0. The van der Waals surface area contributed by atoms with Gasteiger partial charge in [0.1, 0.15) is 25.0 Å². The number of hydrogen-bond donors (Lipinski definition) is 5. The van der Waals surface area contributed by atoms with Gasteiger partial charge in [0.2, 0.25) is 17.7 Å². The van der Waals surface area contributed by atoms with E-state index in [2.05, 4.69) is 67.7 Å². The molecule has 434 valence electrons. The van der Waals surface area contributed by atoms with E-state index in [0.717, 1.165) is 35.3 Å². The average Bonchev–Trinajstić information content (AvgIpc) is 3.62. The lowest BCUT2D eigenvalue weighted by Gasteiger charge is -2.37. The van der Waals surface area contributed by atoms with E-state index in [1.54, 1.807) is 31.4 Å². The van der Waals surface area contributed by atoms with Gasteiger partial charge in [-0.1, -0.05) is 103 Å². The fraction of sp³-hybridized carbons (Fsp3) is 0.534. The summed E-state index contributed by atoms with van der Waals surface area (Å²) < 4.78 is 55.0. The fourth-order valence-corrected chi connectivity index (χ4v) is 8.09. The largest absolute Gasteiger partial charge is 0.497 e. The van der Waals surface area contributed by atoms with E-state index in [9.17, 15) is 19.5 Å². The number of unbranched alkanes of at least 4 members (excludes halogenated alkanes) is 1. The summed E-state index contributed by atoms with van der Waals surface area (Å²) in [6.45, 7) is 8.50. The van der Waals surface area contributed by atoms with Gasteiger partial charge in [-0.2, -0.15) is 0 Å². The maximum absolute atomic E-state index is 13.7. The number of hydrogen-bond acceptors (Lipinski definition) is 16. The monoisotopic (exact) mass is 1100 g/mol. The third-order valence-electron chi connectivity index (χ3n) is 12.1. The zero-order valence-corrected chi connectivity index (χ0v) is 46.0. The molecule has 0 bridgehead atoms. The van der Waals surface area contributed by atoms with Crippen LogP contribution in [0.5, 0.6) is 5.75 Å². The van der Waals surface area contributed by atoms with Crippen LogP contribution in [0, 0.1) is 0 Å². The predicted molar refractivity (Wildman–Crippen MR) is 299 cm³/mol. The summed E-state index contributed by atoms with van der Waals surface area (Å²) in [5, 5.41) is 25.5. The molecule has 0 saturated carbocycles. The van der Waals surface area contributed by atoms with Crippen molar-refractivity contribution in [3.05, 3.63) is 142 Å². The Hall–Kier alpha value is -6.04. The molecule has 0 aromatic heterocycles. The highest BCUT2D eigenvalue weighted by Crippen LogP contribution is 2.37. The minimum absolute atomic E-state index is 0.132. The second kappa shape index (κ2) is 41.9. The Morgan fingerprint density at radius 3 is 1.57 bits per heavy atom. The predicted octanol–water partition coefficient (Wildman–Crippen LogP) is 6.11. The summed E-state index contributed by atoms with van der Waals surface area (Å²) in [6.07, 6.45) is 3.30. The fourth-order valence-electron chi connectivity index (χ4n) is 8.09. The molecular formula is C58H83N7O14. The Morgan fingerprint density at radius 2 is 1.08 bits per heavy atom. The number of carbonyl (C=O) groups is 3. The minimum atomic E-state index is -0.903. The highest BCUT2D eigenvalue weighted by molar-refractivity contribution is 5.97. The van der Waals surface area contributed by atoms with Crippen molar-refractivity contribution in [2.75, 3.05) is 144 Å². The molecule has 0 spiro atoms. The number of amides is 3. The molecule has 2 unspecified atom stereocenters. The van der Waals surface area contributed by atoms with Crippen molar-refractivity contribution in [2.24, 2.45) is 5.11 Å². The summed E-state index contributed by atoms with van der Waals surface area (Å²) in [6, 6.07) is 34.3. The zero-order chi connectivity index (χ0) is 56.3. The standard InChI is InChI=1S/C58H83N7O14/c1-3-12-52(64-65-59)44-78-42-41-77-40-39-76-38-37-75-36-35-74-34-33-73-32-31-72-30-29-71-28-27-60-55(67)45-79-46-56(68)63-54(57(69)62-51-22-18-47(43-66)19-23-51)17-10-11-26-61-58(48-13-6-4-7-14-48,49-15-8-5-9-16-49)50-20-24-53(70-2)25-21-50/h4-9,13-16,18-25,52,54,61,66H,3,10-12,17,26-46H2,1-2H3,(H,60,67)(H,62,69)(H,63,68). The molecule has 4 aromatic carbocycles. The third-order valence-corrected chi connectivity index (χ3v) is 12.1. The lowest BCUT2D eigenvalue weighted by Crippen LogP contribution is -2.46. The SMILES string of the molecule is CCCC(COCCOCCOCCOCCOCCOCCOCCOCCNC(=O)COCC(=O)NC(CCCCNC(c1ccccc1)(c1ccccc1)c1ccc(OC)cc1)C(=O)Nc1ccc(CO)cc1)N=[N+]=[N-]. The number of benzene rings is 4. The van der Waals surface area contributed by atoms with Crippen molar-refractivity contribution in [3.8, 4) is 5.75 Å². The van der Waals surface area contributed by atoms with E-state index in [4.69, 9.17) is 52.9 Å². The van der Waals surface area contributed by atoms with Crippen LogP contribution in [0.3, 0.4) is 0 Å². The van der Waals surface area contributed by atoms with Crippen LogP contribution in [-0.2, 0) is 69.2 Å². The van der Waals surface area contributed by atoms with Crippen molar-refractivity contribution in [1.82, 2.24) is 16.0 Å². The molecule has 2 atom stereocenters. The lowest BCUT2D eigenvalue weighted by molar-refractivity contribution is -0.133. The first kappa shape index (κ1) is 65.5. The number of nitrogens with zero attached hydrogens (tertiary/aromatic N) is 3. The maximum Gasteiger partial charge on any atom is 0.246 e. The summed E-state index contributed by atoms with van der Waals surface area (Å²) in [5.74, 6) is -0.622. The molecule has 5 N–H and O–H groups in total. The van der Waals surface area contributed by atoms with Gasteiger partial charge in [-0.3, -0.25) is 19.7 Å². The molecule has 0 aliphatic carbocycles. The van der Waals surface area contributed by atoms with Crippen LogP contribution in [-0.4, -0.2) is 174 Å². The number of aliphatic hydroxyl groups is 1. The van der Waals surface area contributed by atoms with Gasteiger partial charge in [-0.15, -0.1) is 0 Å². The molecule has 79 heavy (non-hydrogen) atoms. The molecule has 0 aliphatic rings. The molecule has 0 heterocycles. The first-order valence-corrected chi connectivity index (χ1v) is 27.1. The van der Waals surface area contributed by atoms with Crippen LogP contribution in [0.1, 0.15) is 61.3 Å². The molecule has 3 amide bonds. The van der Waals surface area contributed by atoms with Gasteiger partial charge < -0.3 is 68.4 Å². The van der Waals surface area contributed by atoms with Gasteiger partial charge in [0, 0.05) is 17.1 Å². The molecule has 4 aromatic rings. The number of azide groups is 1.